The zero-order valence-corrected chi connectivity index (χ0v) is 18.3. The van der Waals surface area contributed by atoms with Crippen LogP contribution in [0.25, 0.3) is 0 Å². The predicted molar refractivity (Wildman–Crippen MR) is 108 cm³/mol. The molecular formula is C19H22ClN3O6S. The lowest BCUT2D eigenvalue weighted by Gasteiger charge is -2.34. The van der Waals surface area contributed by atoms with Crippen molar-refractivity contribution in [1.29, 1.82) is 5.26 Å². The highest BCUT2D eigenvalue weighted by Crippen LogP contribution is 2.28. The molecule has 0 aliphatic carbocycles. The first-order chi connectivity index (χ1) is 14.0. The van der Waals surface area contributed by atoms with Gasteiger partial charge in [-0.25, -0.2) is 13.2 Å². The Labute approximate surface area is 180 Å². The minimum absolute atomic E-state index is 0.00684. The van der Waals surface area contributed by atoms with Crippen molar-refractivity contribution in [2.24, 2.45) is 5.73 Å². The van der Waals surface area contributed by atoms with Crippen LogP contribution in [0.3, 0.4) is 0 Å². The van der Waals surface area contributed by atoms with E-state index in [0.29, 0.717) is 0 Å². The third-order valence-corrected chi connectivity index (χ3v) is 6.60. The SMILES string of the molecule is CC(N)=C(C#N)C(=O)COC(=O)c1ccc(Cl)c(S(=O)(=O)N2CC(C)OC(C)C2)c1. The molecule has 0 bridgehead atoms. The molecule has 2 atom stereocenters. The lowest BCUT2D eigenvalue weighted by Crippen LogP contribution is -2.48. The minimum atomic E-state index is -3.99. The van der Waals surface area contributed by atoms with E-state index in [1.807, 2.05) is 0 Å². The number of carbonyl (C=O) groups is 2. The molecule has 2 rings (SSSR count). The van der Waals surface area contributed by atoms with Gasteiger partial charge in [-0.3, -0.25) is 4.79 Å². The molecule has 162 valence electrons. The number of ether oxygens (including phenoxy) is 2. The number of nitrogens with two attached hydrogens (primary N) is 1. The number of hydrogen-bond donors (Lipinski definition) is 1. The monoisotopic (exact) mass is 455 g/mol. The first-order valence-corrected chi connectivity index (χ1v) is 10.8. The summed E-state index contributed by atoms with van der Waals surface area (Å²) in [5.41, 5.74) is 5.04. The number of halogens is 1. The van der Waals surface area contributed by atoms with E-state index in [2.05, 4.69) is 0 Å². The summed E-state index contributed by atoms with van der Waals surface area (Å²) in [6, 6.07) is 5.30. The van der Waals surface area contributed by atoms with Crippen molar-refractivity contribution in [1.82, 2.24) is 4.31 Å². The molecule has 1 saturated heterocycles. The molecule has 11 heteroatoms. The largest absolute Gasteiger partial charge is 0.454 e. The van der Waals surface area contributed by atoms with Crippen LogP contribution in [0.4, 0.5) is 0 Å². The second-order valence-electron chi connectivity index (χ2n) is 6.89. The van der Waals surface area contributed by atoms with Crippen LogP contribution in [0, 0.1) is 11.3 Å². The maximum Gasteiger partial charge on any atom is 0.338 e. The van der Waals surface area contributed by atoms with Gasteiger partial charge in [-0.15, -0.1) is 0 Å². The molecule has 1 fully saturated rings. The van der Waals surface area contributed by atoms with Crippen molar-refractivity contribution in [2.45, 2.75) is 37.9 Å². The molecule has 0 saturated carbocycles. The normalized spacial score (nSPS) is 20.8. The molecule has 0 amide bonds. The van der Waals surface area contributed by atoms with E-state index in [1.165, 1.54) is 23.4 Å². The molecule has 0 spiro atoms. The molecule has 0 aromatic heterocycles. The highest BCUT2D eigenvalue weighted by atomic mass is 35.5. The first-order valence-electron chi connectivity index (χ1n) is 8.99. The molecule has 1 aromatic rings. The van der Waals surface area contributed by atoms with E-state index in [4.69, 9.17) is 32.1 Å². The van der Waals surface area contributed by atoms with Gasteiger partial charge in [0, 0.05) is 18.8 Å². The Morgan fingerprint density at radius 3 is 2.47 bits per heavy atom. The average molecular weight is 456 g/mol. The fraction of sp³-hybridized carbons (Fsp3) is 0.421. The Morgan fingerprint density at radius 1 is 1.33 bits per heavy atom. The van der Waals surface area contributed by atoms with Crippen molar-refractivity contribution in [3.63, 3.8) is 0 Å². The van der Waals surface area contributed by atoms with Gasteiger partial charge in [0.05, 0.1) is 22.8 Å². The van der Waals surface area contributed by atoms with Gasteiger partial charge in [-0.1, -0.05) is 11.6 Å². The highest BCUT2D eigenvalue weighted by Gasteiger charge is 2.34. The number of ketones is 1. The molecular weight excluding hydrogens is 434 g/mol. The van der Waals surface area contributed by atoms with Crippen molar-refractivity contribution < 1.29 is 27.5 Å². The lowest BCUT2D eigenvalue weighted by molar-refractivity contribution is -0.118. The van der Waals surface area contributed by atoms with Gasteiger partial charge in [0.15, 0.2) is 6.61 Å². The number of nitriles is 1. The molecule has 1 aromatic carbocycles. The fourth-order valence-corrected chi connectivity index (χ4v) is 5.04. The number of hydrogen-bond acceptors (Lipinski definition) is 8. The fourth-order valence-electron chi connectivity index (χ4n) is 2.95. The van der Waals surface area contributed by atoms with Gasteiger partial charge in [0.25, 0.3) is 0 Å². The molecule has 9 nitrogen and oxygen atoms in total. The maximum absolute atomic E-state index is 13.1. The van der Waals surface area contributed by atoms with Crippen LogP contribution in [0.1, 0.15) is 31.1 Å². The summed E-state index contributed by atoms with van der Waals surface area (Å²) in [7, 11) is -3.99. The molecule has 1 aliphatic rings. The molecule has 1 aliphatic heterocycles. The number of rotatable bonds is 6. The molecule has 30 heavy (non-hydrogen) atoms. The summed E-state index contributed by atoms with van der Waals surface area (Å²) in [5.74, 6) is -1.70. The van der Waals surface area contributed by atoms with E-state index >= 15 is 0 Å². The Hall–Kier alpha value is -2.45. The minimum Gasteiger partial charge on any atom is -0.454 e. The Balaban J connectivity index is 2.24. The highest BCUT2D eigenvalue weighted by molar-refractivity contribution is 7.89. The maximum atomic E-state index is 13.1. The molecule has 1 heterocycles. The van der Waals surface area contributed by atoms with Gasteiger partial charge in [-0.05, 0) is 39.0 Å². The molecule has 2 N–H and O–H groups in total. The van der Waals surface area contributed by atoms with E-state index in [-0.39, 0.29) is 52.0 Å². The number of allylic oxidation sites excluding steroid dienone is 1. The number of carbonyl (C=O) groups excluding carboxylic acids is 2. The van der Waals surface area contributed by atoms with Crippen LogP contribution in [-0.4, -0.2) is 56.4 Å². The second kappa shape index (κ2) is 9.57. The Kier molecular flexibility index (Phi) is 7.60. The molecule has 2 unspecified atom stereocenters. The number of Topliss-reactive ketones (excluding diaryl/α,β-unsaturated/α-hetero) is 1. The van der Waals surface area contributed by atoms with Crippen molar-refractivity contribution in [3.05, 3.63) is 40.1 Å². The third kappa shape index (κ3) is 5.37. The number of esters is 1. The van der Waals surface area contributed by atoms with Gasteiger partial charge in [-0.2, -0.15) is 9.57 Å². The molecule has 0 radical (unpaired) electrons. The number of nitrogens with zero attached hydrogens (tertiary/aromatic N) is 2. The summed E-state index contributed by atoms with van der Waals surface area (Å²) in [6.45, 7) is 4.48. The van der Waals surface area contributed by atoms with Gasteiger partial charge in [0.2, 0.25) is 15.8 Å². The van der Waals surface area contributed by atoms with Crippen LogP contribution in [-0.2, 0) is 24.3 Å². The summed E-state index contributed by atoms with van der Waals surface area (Å²) >= 11 is 6.10. The Morgan fingerprint density at radius 2 is 1.93 bits per heavy atom. The average Bonchev–Trinajstić information content (AvgIpc) is 2.65. The number of sulfonamides is 1. The number of benzene rings is 1. The summed E-state index contributed by atoms with van der Waals surface area (Å²) in [6.07, 6.45) is -0.593. The zero-order chi connectivity index (χ0) is 22.6. The van der Waals surface area contributed by atoms with Crippen LogP contribution in [0.2, 0.25) is 5.02 Å². The van der Waals surface area contributed by atoms with Gasteiger partial charge >= 0.3 is 5.97 Å². The second-order valence-corrected chi connectivity index (χ2v) is 9.21. The predicted octanol–water partition coefficient (Wildman–Crippen LogP) is 1.62. The zero-order valence-electron chi connectivity index (χ0n) is 16.7. The van der Waals surface area contributed by atoms with Crippen LogP contribution < -0.4 is 5.73 Å². The van der Waals surface area contributed by atoms with Crippen LogP contribution >= 0.6 is 11.6 Å². The van der Waals surface area contributed by atoms with E-state index < -0.39 is 28.4 Å². The quantitative estimate of drug-likeness (QED) is 0.387. The number of morpholine rings is 1. The summed E-state index contributed by atoms with van der Waals surface area (Å²) in [4.78, 5) is 24.0. The van der Waals surface area contributed by atoms with E-state index in [1.54, 1.807) is 19.9 Å². The van der Waals surface area contributed by atoms with E-state index in [9.17, 15) is 18.0 Å². The van der Waals surface area contributed by atoms with E-state index in [0.717, 1.165) is 6.07 Å². The topological polar surface area (TPSA) is 140 Å². The summed E-state index contributed by atoms with van der Waals surface area (Å²) in [5, 5.41) is 8.87. The van der Waals surface area contributed by atoms with Crippen LogP contribution in [0.5, 0.6) is 0 Å². The lowest BCUT2D eigenvalue weighted by atomic mass is 10.1. The first kappa shape index (κ1) is 23.8. The van der Waals surface area contributed by atoms with Crippen LogP contribution in [0.15, 0.2) is 34.4 Å². The summed E-state index contributed by atoms with van der Waals surface area (Å²) < 4.78 is 37.9. The van der Waals surface area contributed by atoms with Crippen molar-refractivity contribution in [2.75, 3.05) is 19.7 Å². The van der Waals surface area contributed by atoms with Gasteiger partial charge in [0.1, 0.15) is 16.5 Å². The van der Waals surface area contributed by atoms with Crippen molar-refractivity contribution in [3.8, 4) is 6.07 Å². The Bertz CT molecular complexity index is 1020. The van der Waals surface area contributed by atoms with Gasteiger partial charge < -0.3 is 15.2 Å². The standard InChI is InChI=1S/C19H22ClN3O6S/c1-11-8-23(9-12(2)29-11)30(26,27)18-6-14(4-5-16(18)20)19(25)28-10-17(24)15(7-21)13(3)22/h4-6,11-12H,8-10,22H2,1-3H3. The smallest absolute Gasteiger partial charge is 0.338 e. The third-order valence-electron chi connectivity index (χ3n) is 4.29. The van der Waals surface area contributed by atoms with Crippen molar-refractivity contribution >= 4 is 33.4 Å².